The zero-order chi connectivity index (χ0) is 17.4. The van der Waals surface area contributed by atoms with Crippen LogP contribution in [0.25, 0.3) is 0 Å². The van der Waals surface area contributed by atoms with E-state index in [1.807, 2.05) is 0 Å². The number of amides is 3. The lowest BCUT2D eigenvalue weighted by Crippen LogP contribution is -2.28. The van der Waals surface area contributed by atoms with Gasteiger partial charge in [0.05, 0.1) is 6.42 Å². The van der Waals surface area contributed by atoms with Gasteiger partial charge in [-0.05, 0) is 30.2 Å². The molecule has 1 heterocycles. The van der Waals surface area contributed by atoms with Gasteiger partial charge < -0.3 is 16.4 Å². The predicted octanol–water partition coefficient (Wildman–Crippen LogP) is 0.483. The first-order valence-corrected chi connectivity index (χ1v) is 7.48. The molecule has 8 heteroatoms. The smallest absolute Gasteiger partial charge is 0.347 e. The first kappa shape index (κ1) is 17.2. The first-order chi connectivity index (χ1) is 11.5. The Bertz CT molecular complexity index is 755. The number of benzene rings is 1. The standard InChI is InChI=1S/C16H19N5O3/c17-15(23)20-13-5-3-12(4-6-13)11-14(22)18-7-1-9-21-10-2-8-19-16(21)24/h2-6,8,10H,1,7,9,11H2,(H,18,22)(H3,17,20,23). The van der Waals surface area contributed by atoms with E-state index in [2.05, 4.69) is 15.6 Å². The van der Waals surface area contributed by atoms with Gasteiger partial charge in [-0.25, -0.2) is 14.6 Å². The fourth-order valence-corrected chi connectivity index (χ4v) is 2.13. The summed E-state index contributed by atoms with van der Waals surface area (Å²) < 4.78 is 1.50. The van der Waals surface area contributed by atoms with Crippen molar-refractivity contribution in [3.8, 4) is 0 Å². The summed E-state index contributed by atoms with van der Waals surface area (Å²) in [4.78, 5) is 37.7. The van der Waals surface area contributed by atoms with Crippen LogP contribution in [0.4, 0.5) is 10.5 Å². The van der Waals surface area contributed by atoms with Gasteiger partial charge >= 0.3 is 11.7 Å². The topological polar surface area (TPSA) is 119 Å². The lowest BCUT2D eigenvalue weighted by atomic mass is 10.1. The molecule has 0 aliphatic heterocycles. The van der Waals surface area contributed by atoms with E-state index in [4.69, 9.17) is 5.73 Å². The molecular weight excluding hydrogens is 310 g/mol. The van der Waals surface area contributed by atoms with Crippen molar-refractivity contribution in [3.63, 3.8) is 0 Å². The van der Waals surface area contributed by atoms with Crippen LogP contribution in [0.3, 0.4) is 0 Å². The lowest BCUT2D eigenvalue weighted by Gasteiger charge is -2.07. The van der Waals surface area contributed by atoms with E-state index >= 15 is 0 Å². The van der Waals surface area contributed by atoms with E-state index < -0.39 is 6.03 Å². The van der Waals surface area contributed by atoms with E-state index in [0.29, 0.717) is 25.2 Å². The second kappa shape index (κ2) is 8.47. The molecule has 0 unspecified atom stereocenters. The van der Waals surface area contributed by atoms with Gasteiger partial charge in [-0.3, -0.25) is 9.36 Å². The molecule has 126 valence electrons. The van der Waals surface area contributed by atoms with Crippen LogP contribution >= 0.6 is 0 Å². The van der Waals surface area contributed by atoms with Gasteiger partial charge in [-0.15, -0.1) is 0 Å². The summed E-state index contributed by atoms with van der Waals surface area (Å²) in [5.41, 5.74) is 6.13. The molecule has 0 bridgehead atoms. The van der Waals surface area contributed by atoms with Crippen molar-refractivity contribution in [2.75, 3.05) is 11.9 Å². The Labute approximate surface area is 138 Å². The first-order valence-electron chi connectivity index (χ1n) is 7.48. The summed E-state index contributed by atoms with van der Waals surface area (Å²) in [5.74, 6) is -0.107. The number of aromatic nitrogens is 2. The Hall–Kier alpha value is -3.16. The predicted molar refractivity (Wildman–Crippen MR) is 89.5 cm³/mol. The Kier molecular flexibility index (Phi) is 6.07. The lowest BCUT2D eigenvalue weighted by molar-refractivity contribution is -0.120. The number of anilines is 1. The van der Waals surface area contributed by atoms with Crippen molar-refractivity contribution in [1.29, 1.82) is 0 Å². The maximum atomic E-state index is 11.9. The molecule has 0 aliphatic carbocycles. The summed E-state index contributed by atoms with van der Waals surface area (Å²) in [5, 5.41) is 5.26. The van der Waals surface area contributed by atoms with Crippen LogP contribution in [-0.4, -0.2) is 28.0 Å². The Morgan fingerprint density at radius 1 is 1.21 bits per heavy atom. The minimum absolute atomic E-state index is 0.107. The molecule has 0 spiro atoms. The van der Waals surface area contributed by atoms with E-state index in [9.17, 15) is 14.4 Å². The molecule has 24 heavy (non-hydrogen) atoms. The van der Waals surface area contributed by atoms with Gasteiger partial charge in [0.1, 0.15) is 0 Å². The normalized spacial score (nSPS) is 10.2. The monoisotopic (exact) mass is 329 g/mol. The number of nitrogens with zero attached hydrogens (tertiary/aromatic N) is 2. The largest absolute Gasteiger partial charge is 0.356 e. The minimum Gasteiger partial charge on any atom is -0.356 e. The Morgan fingerprint density at radius 3 is 2.62 bits per heavy atom. The van der Waals surface area contributed by atoms with Crippen LogP contribution in [-0.2, 0) is 17.8 Å². The van der Waals surface area contributed by atoms with E-state index in [-0.39, 0.29) is 18.0 Å². The number of urea groups is 1. The SMILES string of the molecule is NC(=O)Nc1ccc(CC(=O)NCCCn2cccnc2=O)cc1. The van der Waals surface area contributed by atoms with Crippen molar-refractivity contribution < 1.29 is 9.59 Å². The van der Waals surface area contributed by atoms with Crippen LogP contribution in [0.5, 0.6) is 0 Å². The molecule has 8 nitrogen and oxygen atoms in total. The highest BCUT2D eigenvalue weighted by atomic mass is 16.2. The second-order valence-electron chi connectivity index (χ2n) is 5.16. The van der Waals surface area contributed by atoms with Gasteiger partial charge in [-0.2, -0.15) is 0 Å². The van der Waals surface area contributed by atoms with Gasteiger partial charge in [0.25, 0.3) is 0 Å². The minimum atomic E-state index is -0.631. The molecule has 2 rings (SSSR count). The highest BCUT2D eigenvalue weighted by molar-refractivity contribution is 5.87. The number of nitrogens with one attached hydrogen (secondary N) is 2. The van der Waals surface area contributed by atoms with Crippen molar-refractivity contribution in [3.05, 3.63) is 58.8 Å². The number of hydrogen-bond donors (Lipinski definition) is 3. The maximum Gasteiger partial charge on any atom is 0.347 e. The fourth-order valence-electron chi connectivity index (χ4n) is 2.13. The molecule has 0 atom stereocenters. The molecule has 2 aromatic rings. The second-order valence-corrected chi connectivity index (χ2v) is 5.16. The average molecular weight is 329 g/mol. The van der Waals surface area contributed by atoms with E-state index in [1.165, 1.54) is 10.8 Å². The third-order valence-electron chi connectivity index (χ3n) is 3.27. The van der Waals surface area contributed by atoms with Crippen LogP contribution in [0, 0.1) is 0 Å². The summed E-state index contributed by atoms with van der Waals surface area (Å²) in [6.07, 6.45) is 3.99. The highest BCUT2D eigenvalue weighted by Gasteiger charge is 2.04. The van der Waals surface area contributed by atoms with Crippen LogP contribution in [0.15, 0.2) is 47.5 Å². The number of carbonyl (C=O) groups is 2. The molecular formula is C16H19N5O3. The molecule has 1 aromatic heterocycles. The number of aryl methyl sites for hydroxylation is 1. The van der Waals surface area contributed by atoms with Crippen LogP contribution in [0.1, 0.15) is 12.0 Å². The number of primary amides is 1. The van der Waals surface area contributed by atoms with Crippen molar-refractivity contribution >= 4 is 17.6 Å². The summed E-state index contributed by atoms with van der Waals surface area (Å²) >= 11 is 0. The zero-order valence-electron chi connectivity index (χ0n) is 13.1. The molecule has 0 aliphatic rings. The van der Waals surface area contributed by atoms with E-state index in [0.717, 1.165) is 5.56 Å². The maximum absolute atomic E-state index is 11.9. The fraction of sp³-hybridized carbons (Fsp3) is 0.250. The molecule has 1 aromatic carbocycles. The summed E-state index contributed by atoms with van der Waals surface area (Å²) in [6.45, 7) is 0.974. The van der Waals surface area contributed by atoms with Crippen molar-refractivity contribution in [2.24, 2.45) is 5.73 Å². The molecule has 3 amide bonds. The zero-order valence-corrected chi connectivity index (χ0v) is 13.1. The summed E-state index contributed by atoms with van der Waals surface area (Å²) in [6, 6.07) is 7.93. The molecule has 4 N–H and O–H groups in total. The summed E-state index contributed by atoms with van der Waals surface area (Å²) in [7, 11) is 0. The third-order valence-corrected chi connectivity index (χ3v) is 3.27. The number of rotatable bonds is 7. The van der Waals surface area contributed by atoms with Crippen LogP contribution in [0.2, 0.25) is 0 Å². The van der Waals surface area contributed by atoms with Gasteiger partial charge in [0.15, 0.2) is 0 Å². The molecule has 0 radical (unpaired) electrons. The molecule has 0 fully saturated rings. The van der Waals surface area contributed by atoms with Gasteiger partial charge in [0.2, 0.25) is 5.91 Å². The molecule has 0 saturated heterocycles. The Morgan fingerprint density at radius 2 is 1.96 bits per heavy atom. The number of hydrogen-bond acceptors (Lipinski definition) is 4. The highest BCUT2D eigenvalue weighted by Crippen LogP contribution is 2.09. The van der Waals surface area contributed by atoms with Crippen molar-refractivity contribution in [1.82, 2.24) is 14.9 Å². The quantitative estimate of drug-likeness (QED) is 0.640. The molecule has 0 saturated carbocycles. The number of nitrogens with two attached hydrogens (primary N) is 1. The van der Waals surface area contributed by atoms with Crippen molar-refractivity contribution in [2.45, 2.75) is 19.4 Å². The van der Waals surface area contributed by atoms with Gasteiger partial charge in [0, 0.05) is 31.2 Å². The van der Waals surface area contributed by atoms with Crippen LogP contribution < -0.4 is 22.1 Å². The number of carbonyl (C=O) groups excluding carboxylic acids is 2. The average Bonchev–Trinajstić information content (AvgIpc) is 2.54. The van der Waals surface area contributed by atoms with Gasteiger partial charge in [-0.1, -0.05) is 12.1 Å². The van der Waals surface area contributed by atoms with E-state index in [1.54, 1.807) is 36.5 Å². The Balaban J connectivity index is 1.72. The third kappa shape index (κ3) is 5.56.